The molecular weight excluding hydrogens is 306 g/mol. The van der Waals surface area contributed by atoms with Gasteiger partial charge in [0.25, 0.3) is 0 Å². The Balaban J connectivity index is 2.08. The highest BCUT2D eigenvalue weighted by Gasteiger charge is 2.07. The molecule has 0 aromatic carbocycles. The Kier molecular flexibility index (Phi) is 5.89. The molecule has 0 unspecified atom stereocenters. The molecular formula is C16H23N7O. The molecule has 0 bridgehead atoms. The molecule has 0 radical (unpaired) electrons. The van der Waals surface area contributed by atoms with Crippen molar-refractivity contribution in [3.8, 4) is 0 Å². The number of aromatic nitrogens is 3. The normalized spacial score (nSPS) is 11.4. The van der Waals surface area contributed by atoms with Gasteiger partial charge in [0.15, 0.2) is 17.4 Å². The number of rotatable bonds is 6. The van der Waals surface area contributed by atoms with E-state index in [4.69, 9.17) is 0 Å². The van der Waals surface area contributed by atoms with Crippen molar-refractivity contribution in [1.82, 2.24) is 30.1 Å². The number of fused-ring (bicyclic) bond motifs is 1. The molecule has 0 spiro atoms. The van der Waals surface area contributed by atoms with Gasteiger partial charge in [-0.25, -0.2) is 4.99 Å². The lowest BCUT2D eigenvalue weighted by molar-refractivity contribution is -0.127. The van der Waals surface area contributed by atoms with Crippen LogP contribution in [-0.4, -0.2) is 58.5 Å². The van der Waals surface area contributed by atoms with Crippen LogP contribution in [0.2, 0.25) is 0 Å². The quantitative estimate of drug-likeness (QED) is 0.456. The standard InChI is InChI=1S/C16H23N7O/c1-12(2)9-17-16(19-11-15(24)22(3)4)18-10-14-21-20-13-7-5-6-8-23(13)14/h5-8H,1,9-11H2,2-4H3,(H2,17,18,19). The summed E-state index contributed by atoms with van der Waals surface area (Å²) in [7, 11) is 3.43. The topological polar surface area (TPSA) is 86.9 Å². The van der Waals surface area contributed by atoms with E-state index < -0.39 is 0 Å². The maximum absolute atomic E-state index is 11.7. The lowest BCUT2D eigenvalue weighted by atomic mass is 10.3. The summed E-state index contributed by atoms with van der Waals surface area (Å²) in [6.07, 6.45) is 1.89. The number of carbonyl (C=O) groups is 1. The van der Waals surface area contributed by atoms with Crippen molar-refractivity contribution < 1.29 is 4.79 Å². The minimum Gasteiger partial charge on any atom is -0.353 e. The van der Waals surface area contributed by atoms with Crippen molar-refractivity contribution in [2.45, 2.75) is 13.5 Å². The fraction of sp³-hybridized carbons (Fsp3) is 0.375. The van der Waals surface area contributed by atoms with E-state index in [-0.39, 0.29) is 12.5 Å². The smallest absolute Gasteiger partial charge is 0.241 e. The number of nitrogens with zero attached hydrogens (tertiary/aromatic N) is 5. The van der Waals surface area contributed by atoms with Gasteiger partial charge in [-0.3, -0.25) is 9.20 Å². The largest absolute Gasteiger partial charge is 0.353 e. The number of carbonyl (C=O) groups excluding carboxylic acids is 1. The first-order valence-electron chi connectivity index (χ1n) is 7.62. The molecule has 128 valence electrons. The molecule has 8 heteroatoms. The summed E-state index contributed by atoms with van der Waals surface area (Å²) in [4.78, 5) is 17.7. The molecule has 0 atom stereocenters. The van der Waals surface area contributed by atoms with Crippen LogP contribution in [0.4, 0.5) is 0 Å². The summed E-state index contributed by atoms with van der Waals surface area (Å²) >= 11 is 0. The zero-order valence-corrected chi connectivity index (χ0v) is 14.3. The molecule has 1 amide bonds. The summed E-state index contributed by atoms with van der Waals surface area (Å²) in [5.74, 6) is 1.22. The van der Waals surface area contributed by atoms with Crippen molar-refractivity contribution >= 4 is 17.5 Å². The van der Waals surface area contributed by atoms with Crippen molar-refractivity contribution in [3.05, 3.63) is 42.4 Å². The Morgan fingerprint density at radius 3 is 2.75 bits per heavy atom. The Labute approximate surface area is 141 Å². The lowest BCUT2D eigenvalue weighted by Crippen LogP contribution is -2.43. The average molecular weight is 329 g/mol. The highest BCUT2D eigenvalue weighted by Crippen LogP contribution is 2.03. The third-order valence-corrected chi connectivity index (χ3v) is 3.23. The average Bonchev–Trinajstić information content (AvgIpc) is 2.96. The van der Waals surface area contributed by atoms with E-state index >= 15 is 0 Å². The first kappa shape index (κ1) is 17.5. The molecule has 2 aromatic heterocycles. The van der Waals surface area contributed by atoms with Gasteiger partial charge >= 0.3 is 0 Å². The van der Waals surface area contributed by atoms with Gasteiger partial charge in [0.2, 0.25) is 5.91 Å². The van der Waals surface area contributed by atoms with Crippen LogP contribution in [0.1, 0.15) is 12.7 Å². The van der Waals surface area contributed by atoms with Crippen molar-refractivity contribution in [1.29, 1.82) is 0 Å². The minimum atomic E-state index is -0.0345. The second-order valence-corrected chi connectivity index (χ2v) is 5.66. The zero-order valence-electron chi connectivity index (χ0n) is 14.3. The van der Waals surface area contributed by atoms with Crippen LogP contribution in [0.15, 0.2) is 41.5 Å². The number of aliphatic imine (C=N–C) groups is 1. The first-order chi connectivity index (χ1) is 11.5. The van der Waals surface area contributed by atoms with E-state index in [0.29, 0.717) is 19.0 Å². The van der Waals surface area contributed by atoms with E-state index in [1.807, 2.05) is 35.7 Å². The molecule has 0 saturated carbocycles. The highest BCUT2D eigenvalue weighted by atomic mass is 16.2. The Morgan fingerprint density at radius 2 is 2.04 bits per heavy atom. The summed E-state index contributed by atoms with van der Waals surface area (Å²) in [6, 6.07) is 5.71. The maximum Gasteiger partial charge on any atom is 0.241 e. The second-order valence-electron chi connectivity index (χ2n) is 5.66. The summed E-state index contributed by atoms with van der Waals surface area (Å²) in [5.41, 5.74) is 1.74. The van der Waals surface area contributed by atoms with Crippen molar-refractivity contribution in [2.75, 3.05) is 27.2 Å². The molecule has 0 saturated heterocycles. The zero-order chi connectivity index (χ0) is 17.5. The molecule has 2 rings (SSSR count). The predicted octanol–water partition coefficient (Wildman–Crippen LogP) is 0.429. The van der Waals surface area contributed by atoms with Gasteiger partial charge in [-0.15, -0.1) is 10.2 Å². The molecule has 8 nitrogen and oxygen atoms in total. The van der Waals surface area contributed by atoms with E-state index in [0.717, 1.165) is 17.0 Å². The van der Waals surface area contributed by atoms with Gasteiger partial charge in [0.05, 0.1) is 6.54 Å². The number of likely N-dealkylation sites (N-methyl/N-ethyl adjacent to an activating group) is 1. The van der Waals surface area contributed by atoms with Crippen LogP contribution < -0.4 is 10.6 Å². The summed E-state index contributed by atoms with van der Waals surface area (Å²) in [5, 5.41) is 14.4. The van der Waals surface area contributed by atoms with Gasteiger partial charge in [-0.2, -0.15) is 0 Å². The van der Waals surface area contributed by atoms with E-state index in [2.05, 4.69) is 32.4 Å². The van der Waals surface area contributed by atoms with Crippen LogP contribution in [0, 0.1) is 0 Å². The van der Waals surface area contributed by atoms with Crippen LogP contribution in [-0.2, 0) is 11.3 Å². The maximum atomic E-state index is 11.7. The van der Waals surface area contributed by atoms with Gasteiger partial charge in [-0.05, 0) is 19.1 Å². The van der Waals surface area contributed by atoms with Gasteiger partial charge in [-0.1, -0.05) is 18.2 Å². The Morgan fingerprint density at radius 1 is 1.29 bits per heavy atom. The van der Waals surface area contributed by atoms with Crippen LogP contribution >= 0.6 is 0 Å². The van der Waals surface area contributed by atoms with Gasteiger partial charge in [0, 0.05) is 26.8 Å². The Bertz CT molecular complexity index is 748. The predicted molar refractivity (Wildman–Crippen MR) is 93.6 cm³/mol. The first-order valence-corrected chi connectivity index (χ1v) is 7.62. The van der Waals surface area contributed by atoms with Gasteiger partial charge in [0.1, 0.15) is 6.54 Å². The fourth-order valence-corrected chi connectivity index (χ4v) is 1.87. The van der Waals surface area contributed by atoms with Crippen LogP contribution in [0.3, 0.4) is 0 Å². The number of nitrogens with one attached hydrogen (secondary N) is 2. The van der Waals surface area contributed by atoms with Crippen LogP contribution in [0.25, 0.3) is 5.65 Å². The molecule has 0 fully saturated rings. The number of hydrogen-bond acceptors (Lipinski definition) is 4. The summed E-state index contributed by atoms with van der Waals surface area (Å²) in [6.45, 7) is 6.85. The van der Waals surface area contributed by atoms with E-state index in [1.54, 1.807) is 14.1 Å². The number of pyridine rings is 1. The lowest BCUT2D eigenvalue weighted by Gasteiger charge is -2.14. The molecule has 0 aliphatic heterocycles. The highest BCUT2D eigenvalue weighted by molar-refractivity contribution is 5.86. The fourth-order valence-electron chi connectivity index (χ4n) is 1.87. The second kappa shape index (κ2) is 8.09. The van der Waals surface area contributed by atoms with E-state index in [9.17, 15) is 4.79 Å². The van der Waals surface area contributed by atoms with Crippen molar-refractivity contribution in [3.63, 3.8) is 0 Å². The third kappa shape index (κ3) is 4.80. The SMILES string of the molecule is C=C(C)CNC(=NCc1nnc2ccccn12)NCC(=O)N(C)C. The number of amides is 1. The Hall–Kier alpha value is -2.90. The van der Waals surface area contributed by atoms with Crippen LogP contribution in [0.5, 0.6) is 0 Å². The molecule has 0 aliphatic rings. The summed E-state index contributed by atoms with van der Waals surface area (Å²) < 4.78 is 1.88. The van der Waals surface area contributed by atoms with E-state index in [1.165, 1.54) is 4.90 Å². The number of guanidine groups is 1. The molecule has 2 aromatic rings. The molecule has 24 heavy (non-hydrogen) atoms. The monoisotopic (exact) mass is 329 g/mol. The third-order valence-electron chi connectivity index (χ3n) is 3.23. The molecule has 2 N–H and O–H groups in total. The van der Waals surface area contributed by atoms with Crippen molar-refractivity contribution in [2.24, 2.45) is 4.99 Å². The number of hydrogen-bond donors (Lipinski definition) is 2. The molecule has 2 heterocycles. The molecule has 0 aliphatic carbocycles. The minimum absolute atomic E-state index is 0.0345. The van der Waals surface area contributed by atoms with Gasteiger partial charge < -0.3 is 15.5 Å².